The van der Waals surface area contributed by atoms with Crippen LogP contribution in [0.5, 0.6) is 0 Å². The normalized spacial score (nSPS) is 12.2. The molecule has 0 spiro atoms. The van der Waals surface area contributed by atoms with E-state index < -0.39 is 0 Å². The van der Waals surface area contributed by atoms with E-state index in [2.05, 4.69) is 77.3 Å². The lowest BCUT2D eigenvalue weighted by atomic mass is 9.99. The molecule has 0 atom stereocenters. The number of aryl methyl sites for hydroxylation is 1. The highest BCUT2D eigenvalue weighted by Crippen LogP contribution is 2.27. The average Bonchev–Trinajstić information content (AvgIpc) is 2.26. The van der Waals surface area contributed by atoms with Gasteiger partial charge in [-0.2, -0.15) is 0 Å². The third kappa shape index (κ3) is 4.00. The van der Waals surface area contributed by atoms with Crippen molar-refractivity contribution in [1.29, 1.82) is 0 Å². The minimum absolute atomic E-state index is 0.507. The Labute approximate surface area is 125 Å². The molecule has 1 heteroatoms. The van der Waals surface area contributed by atoms with Gasteiger partial charge >= 0.3 is 0 Å². The summed E-state index contributed by atoms with van der Waals surface area (Å²) in [5.74, 6) is 0. The van der Waals surface area contributed by atoms with Crippen LogP contribution in [-0.4, -0.2) is 12.1 Å². The summed E-state index contributed by atoms with van der Waals surface area (Å²) in [6.45, 7) is 19.3. The fourth-order valence-corrected chi connectivity index (χ4v) is 2.89. The van der Waals surface area contributed by atoms with Crippen molar-refractivity contribution in [2.75, 3.05) is 4.90 Å². The average molecular weight is 271 g/mol. The molecule has 0 heterocycles. The van der Waals surface area contributed by atoms with Crippen molar-refractivity contribution in [3.05, 3.63) is 47.6 Å². The van der Waals surface area contributed by atoms with Crippen molar-refractivity contribution >= 4 is 11.3 Å². The van der Waals surface area contributed by atoms with Gasteiger partial charge in [-0.05, 0) is 77.3 Å². The minimum Gasteiger partial charge on any atom is -0.367 e. The molecule has 0 N–H and O–H groups in total. The number of rotatable bonds is 5. The number of anilines is 1. The molecule has 0 aliphatic carbocycles. The molecule has 0 aliphatic rings. The third-order valence-electron chi connectivity index (χ3n) is 3.51. The Morgan fingerprint density at radius 3 is 2.05 bits per heavy atom. The predicted molar refractivity (Wildman–Crippen MR) is 92.4 cm³/mol. The van der Waals surface area contributed by atoms with Crippen molar-refractivity contribution in [1.82, 2.24) is 0 Å². The number of hydrogen-bond acceptors (Lipinski definition) is 1. The molecule has 1 aromatic carbocycles. The van der Waals surface area contributed by atoms with E-state index in [1.165, 1.54) is 22.4 Å². The van der Waals surface area contributed by atoms with E-state index in [4.69, 9.17) is 0 Å². The van der Waals surface area contributed by atoms with Gasteiger partial charge in [0.2, 0.25) is 0 Å². The Balaban J connectivity index is 3.19. The van der Waals surface area contributed by atoms with Crippen molar-refractivity contribution in [2.24, 2.45) is 0 Å². The first-order chi connectivity index (χ1) is 9.23. The number of hydrogen-bond donors (Lipinski definition) is 0. The fraction of sp³-hybridized carbons (Fsp3) is 0.474. The second-order valence-electron chi connectivity index (χ2n) is 6.27. The first-order valence-electron chi connectivity index (χ1n) is 7.47. The van der Waals surface area contributed by atoms with Gasteiger partial charge in [0.25, 0.3) is 0 Å². The second kappa shape index (κ2) is 6.78. The molecule has 0 aromatic heterocycles. The maximum absolute atomic E-state index is 3.96. The van der Waals surface area contributed by atoms with Gasteiger partial charge < -0.3 is 4.90 Å². The smallest absolute Gasteiger partial charge is 0.0373 e. The van der Waals surface area contributed by atoms with Crippen molar-refractivity contribution in [2.45, 2.75) is 60.5 Å². The standard InChI is InChI=1S/C19H29N/c1-13(2)11-16(7)19-10-9-18(12-17(19)8)20(14(3)4)15(5)6/h9-12,14-15H,1H2,2-8H3/b16-11-. The molecule has 0 aliphatic heterocycles. The highest BCUT2D eigenvalue weighted by atomic mass is 15.2. The van der Waals surface area contributed by atoms with Crippen LogP contribution >= 0.6 is 0 Å². The highest BCUT2D eigenvalue weighted by Gasteiger charge is 2.15. The van der Waals surface area contributed by atoms with Crippen LogP contribution in [-0.2, 0) is 0 Å². The zero-order valence-corrected chi connectivity index (χ0v) is 14.1. The van der Waals surface area contributed by atoms with Crippen LogP contribution in [0.1, 0.15) is 52.7 Å². The highest BCUT2D eigenvalue weighted by molar-refractivity contribution is 5.71. The Kier molecular flexibility index (Phi) is 5.62. The maximum atomic E-state index is 3.96. The van der Waals surface area contributed by atoms with Gasteiger partial charge in [0.1, 0.15) is 0 Å². The third-order valence-corrected chi connectivity index (χ3v) is 3.51. The molecule has 0 saturated carbocycles. The minimum atomic E-state index is 0.507. The topological polar surface area (TPSA) is 3.24 Å². The first kappa shape index (κ1) is 16.6. The Hall–Kier alpha value is -1.50. The summed E-state index contributed by atoms with van der Waals surface area (Å²) < 4.78 is 0. The first-order valence-corrected chi connectivity index (χ1v) is 7.47. The molecule has 0 amide bonds. The molecular formula is C19H29N. The molecule has 0 radical (unpaired) electrons. The number of allylic oxidation sites excluding steroid dienone is 3. The van der Waals surface area contributed by atoms with E-state index >= 15 is 0 Å². The molecule has 1 nitrogen and oxygen atoms in total. The molecule has 0 bridgehead atoms. The molecule has 1 rings (SSSR count). The lowest BCUT2D eigenvalue weighted by Crippen LogP contribution is -2.37. The lowest BCUT2D eigenvalue weighted by Gasteiger charge is -2.33. The van der Waals surface area contributed by atoms with E-state index in [1.54, 1.807) is 0 Å². The van der Waals surface area contributed by atoms with Crippen LogP contribution in [0.15, 0.2) is 36.4 Å². The van der Waals surface area contributed by atoms with Crippen molar-refractivity contribution in [3.8, 4) is 0 Å². The van der Waals surface area contributed by atoms with Gasteiger partial charge in [-0.25, -0.2) is 0 Å². The number of nitrogens with zero attached hydrogens (tertiary/aromatic N) is 1. The Morgan fingerprint density at radius 1 is 1.10 bits per heavy atom. The Bertz CT molecular complexity index is 498. The second-order valence-corrected chi connectivity index (χ2v) is 6.27. The summed E-state index contributed by atoms with van der Waals surface area (Å²) in [7, 11) is 0. The molecule has 0 fully saturated rings. The molecule has 1 aromatic rings. The van der Waals surface area contributed by atoms with Crippen LogP contribution in [0, 0.1) is 6.92 Å². The number of benzene rings is 1. The molecule has 0 saturated heterocycles. The van der Waals surface area contributed by atoms with E-state index in [0.29, 0.717) is 12.1 Å². The summed E-state index contributed by atoms with van der Waals surface area (Å²) in [4.78, 5) is 2.45. The largest absolute Gasteiger partial charge is 0.367 e. The van der Waals surface area contributed by atoms with Gasteiger partial charge in [-0.3, -0.25) is 0 Å². The summed E-state index contributed by atoms with van der Waals surface area (Å²) in [5.41, 5.74) is 6.31. The van der Waals surface area contributed by atoms with Crippen molar-refractivity contribution < 1.29 is 0 Å². The van der Waals surface area contributed by atoms with Crippen LogP contribution in [0.25, 0.3) is 5.57 Å². The van der Waals surface area contributed by atoms with E-state index in [9.17, 15) is 0 Å². The monoisotopic (exact) mass is 271 g/mol. The van der Waals surface area contributed by atoms with E-state index in [-0.39, 0.29) is 0 Å². The van der Waals surface area contributed by atoms with Crippen LogP contribution in [0.3, 0.4) is 0 Å². The zero-order valence-electron chi connectivity index (χ0n) is 14.1. The molecule has 110 valence electrons. The maximum Gasteiger partial charge on any atom is 0.0373 e. The van der Waals surface area contributed by atoms with Crippen LogP contribution < -0.4 is 4.90 Å². The van der Waals surface area contributed by atoms with Gasteiger partial charge in [-0.15, -0.1) is 0 Å². The van der Waals surface area contributed by atoms with Gasteiger partial charge in [-0.1, -0.05) is 24.3 Å². The van der Waals surface area contributed by atoms with E-state index in [1.807, 2.05) is 6.92 Å². The van der Waals surface area contributed by atoms with Crippen molar-refractivity contribution in [3.63, 3.8) is 0 Å². The predicted octanol–water partition coefficient (Wildman–Crippen LogP) is 5.60. The summed E-state index contributed by atoms with van der Waals surface area (Å²) in [5, 5.41) is 0. The summed E-state index contributed by atoms with van der Waals surface area (Å²) in [6, 6.07) is 7.78. The van der Waals surface area contributed by atoms with Gasteiger partial charge in [0.15, 0.2) is 0 Å². The lowest BCUT2D eigenvalue weighted by molar-refractivity contribution is 0.608. The summed E-state index contributed by atoms with van der Waals surface area (Å²) in [6.07, 6.45) is 2.14. The van der Waals surface area contributed by atoms with Crippen LogP contribution in [0.2, 0.25) is 0 Å². The van der Waals surface area contributed by atoms with Gasteiger partial charge in [0.05, 0.1) is 0 Å². The zero-order chi connectivity index (χ0) is 15.4. The molecular weight excluding hydrogens is 242 g/mol. The fourth-order valence-electron chi connectivity index (χ4n) is 2.89. The summed E-state index contributed by atoms with van der Waals surface area (Å²) >= 11 is 0. The SMILES string of the molecule is C=C(C)/C=C(/C)c1ccc(N(C(C)C)C(C)C)cc1C. The van der Waals surface area contributed by atoms with Crippen LogP contribution in [0.4, 0.5) is 5.69 Å². The quantitative estimate of drug-likeness (QED) is 0.630. The molecule has 20 heavy (non-hydrogen) atoms. The molecule has 0 unspecified atom stereocenters. The van der Waals surface area contributed by atoms with E-state index in [0.717, 1.165) is 5.57 Å². The Morgan fingerprint density at radius 2 is 1.65 bits per heavy atom. The van der Waals surface area contributed by atoms with Gasteiger partial charge in [0, 0.05) is 17.8 Å².